The summed E-state index contributed by atoms with van der Waals surface area (Å²) in [5, 5.41) is 9.10. The number of aliphatic hydroxyl groups excluding tert-OH is 1. The van der Waals surface area contributed by atoms with Crippen molar-refractivity contribution in [2.45, 2.75) is 18.9 Å². The van der Waals surface area contributed by atoms with Crippen LogP contribution < -0.4 is 5.73 Å². The van der Waals surface area contributed by atoms with Gasteiger partial charge in [-0.15, -0.1) is 0 Å². The van der Waals surface area contributed by atoms with Crippen molar-refractivity contribution in [3.05, 3.63) is 24.3 Å². The highest BCUT2D eigenvalue weighted by Crippen LogP contribution is 2.30. The molecule has 0 bridgehead atoms. The molecule has 88 valence electrons. The lowest BCUT2D eigenvalue weighted by atomic mass is 10.2. The second kappa shape index (κ2) is 3.81. The summed E-state index contributed by atoms with van der Waals surface area (Å²) in [6.07, 6.45) is 7.13. The second-order valence-electron chi connectivity index (χ2n) is 4.17. The van der Waals surface area contributed by atoms with Crippen molar-refractivity contribution >= 4 is 17.0 Å². The van der Waals surface area contributed by atoms with Crippen molar-refractivity contribution < 1.29 is 5.11 Å². The highest BCUT2D eigenvalue weighted by atomic mass is 16.3. The fourth-order valence-electron chi connectivity index (χ4n) is 2.24. The van der Waals surface area contributed by atoms with Crippen LogP contribution in [0.15, 0.2) is 24.3 Å². The molecule has 0 amide bonds. The van der Waals surface area contributed by atoms with Crippen LogP contribution in [-0.4, -0.2) is 31.2 Å². The molecule has 0 aromatic carbocycles. The number of allylic oxidation sites excluding steroid dienone is 1. The molecular weight excluding hydrogens is 218 g/mol. The Balaban J connectivity index is 2.07. The van der Waals surface area contributed by atoms with Gasteiger partial charge in [-0.25, -0.2) is 15.0 Å². The molecule has 0 saturated heterocycles. The van der Waals surface area contributed by atoms with Crippen LogP contribution in [0.5, 0.6) is 0 Å². The number of fused-ring (bicyclic) bond motifs is 1. The minimum Gasteiger partial charge on any atom is -0.392 e. The van der Waals surface area contributed by atoms with Crippen molar-refractivity contribution in [1.29, 1.82) is 0 Å². The van der Waals surface area contributed by atoms with Crippen molar-refractivity contribution in [1.82, 2.24) is 19.5 Å². The molecule has 1 aliphatic rings. The number of aliphatic hydroxyl groups is 1. The monoisotopic (exact) mass is 231 g/mol. The predicted octanol–water partition coefficient (Wildman–Crippen LogP) is 0.662. The van der Waals surface area contributed by atoms with E-state index in [9.17, 15) is 0 Å². The number of anilines is 1. The van der Waals surface area contributed by atoms with E-state index >= 15 is 0 Å². The van der Waals surface area contributed by atoms with Crippen LogP contribution in [0.3, 0.4) is 0 Å². The zero-order valence-electron chi connectivity index (χ0n) is 9.24. The summed E-state index contributed by atoms with van der Waals surface area (Å²) in [5.41, 5.74) is 8.19. The van der Waals surface area contributed by atoms with E-state index in [-0.39, 0.29) is 12.6 Å². The van der Waals surface area contributed by atoms with E-state index in [1.165, 1.54) is 6.33 Å². The number of imidazole rings is 1. The van der Waals surface area contributed by atoms with Gasteiger partial charge in [0.25, 0.3) is 0 Å². The maximum absolute atomic E-state index is 9.10. The first-order valence-electron chi connectivity index (χ1n) is 5.53. The number of nitrogens with two attached hydrogens (primary N) is 1. The molecule has 2 aromatic heterocycles. The molecule has 2 aromatic rings. The average molecular weight is 231 g/mol. The van der Waals surface area contributed by atoms with Crippen LogP contribution >= 0.6 is 0 Å². The molecule has 1 aliphatic carbocycles. The van der Waals surface area contributed by atoms with Gasteiger partial charge in [0.05, 0.1) is 19.0 Å². The number of hydrogen-bond donors (Lipinski definition) is 2. The lowest BCUT2D eigenvalue weighted by molar-refractivity contribution is 0.328. The summed E-state index contributed by atoms with van der Waals surface area (Å²) in [4.78, 5) is 12.4. The highest BCUT2D eigenvalue weighted by Gasteiger charge is 2.19. The van der Waals surface area contributed by atoms with Gasteiger partial charge in [-0.1, -0.05) is 6.08 Å². The fraction of sp³-hybridized carbons (Fsp3) is 0.364. The molecule has 0 aliphatic heterocycles. The molecule has 3 N–H and O–H groups in total. The summed E-state index contributed by atoms with van der Waals surface area (Å²) < 4.78 is 1.98. The van der Waals surface area contributed by atoms with E-state index in [4.69, 9.17) is 10.8 Å². The Kier molecular flexibility index (Phi) is 2.29. The number of nitrogen functional groups attached to an aromatic ring is 1. The van der Waals surface area contributed by atoms with Crippen LogP contribution in [-0.2, 0) is 0 Å². The maximum Gasteiger partial charge on any atom is 0.165 e. The molecule has 6 nitrogen and oxygen atoms in total. The van der Waals surface area contributed by atoms with Crippen LogP contribution in [0.25, 0.3) is 11.2 Å². The smallest absolute Gasteiger partial charge is 0.165 e. The molecule has 3 rings (SSSR count). The van der Waals surface area contributed by atoms with Crippen LogP contribution in [0.4, 0.5) is 5.82 Å². The fourth-order valence-corrected chi connectivity index (χ4v) is 2.24. The third-order valence-corrected chi connectivity index (χ3v) is 3.14. The Morgan fingerprint density at radius 1 is 1.41 bits per heavy atom. The van der Waals surface area contributed by atoms with E-state index in [0.29, 0.717) is 11.3 Å². The molecule has 0 fully saturated rings. The molecule has 0 unspecified atom stereocenters. The predicted molar refractivity (Wildman–Crippen MR) is 63.2 cm³/mol. The summed E-state index contributed by atoms with van der Waals surface area (Å²) in [7, 11) is 0. The van der Waals surface area contributed by atoms with Crippen molar-refractivity contribution in [2.24, 2.45) is 0 Å². The first kappa shape index (κ1) is 10.2. The van der Waals surface area contributed by atoms with Gasteiger partial charge < -0.3 is 15.4 Å². The van der Waals surface area contributed by atoms with E-state index < -0.39 is 0 Å². The zero-order chi connectivity index (χ0) is 11.8. The Hall–Kier alpha value is -1.95. The van der Waals surface area contributed by atoms with Crippen LogP contribution in [0, 0.1) is 0 Å². The Morgan fingerprint density at radius 3 is 3.06 bits per heavy atom. The molecule has 2 heterocycles. The van der Waals surface area contributed by atoms with Gasteiger partial charge in [-0.3, -0.25) is 0 Å². The van der Waals surface area contributed by atoms with Gasteiger partial charge in [0.2, 0.25) is 0 Å². The third-order valence-electron chi connectivity index (χ3n) is 3.14. The highest BCUT2D eigenvalue weighted by molar-refractivity contribution is 5.81. The lowest BCUT2D eigenvalue weighted by Crippen LogP contribution is -2.03. The van der Waals surface area contributed by atoms with Gasteiger partial charge >= 0.3 is 0 Å². The molecule has 0 spiro atoms. The molecule has 17 heavy (non-hydrogen) atoms. The second-order valence-corrected chi connectivity index (χ2v) is 4.17. The van der Waals surface area contributed by atoms with E-state index in [0.717, 1.165) is 24.1 Å². The minimum atomic E-state index is 0.125. The third kappa shape index (κ3) is 1.57. The van der Waals surface area contributed by atoms with Gasteiger partial charge in [0.15, 0.2) is 11.5 Å². The number of hydrogen-bond acceptors (Lipinski definition) is 5. The standard InChI is InChI=1S/C11H13N5O/c12-10-9-11(14-5-13-10)16(6-15-9)8-2-1-7(3-8)4-17/h3,5-6,8,17H,1-2,4H2,(H2,12,13,14)/t8-/m1/s1. The molecule has 1 atom stereocenters. The Labute approximate surface area is 97.8 Å². The molecule has 6 heteroatoms. The topological polar surface area (TPSA) is 89.9 Å². The van der Waals surface area contributed by atoms with Crippen molar-refractivity contribution in [2.75, 3.05) is 12.3 Å². The number of nitrogens with zero attached hydrogens (tertiary/aromatic N) is 4. The summed E-state index contributed by atoms with van der Waals surface area (Å²) in [6, 6.07) is 0.205. The summed E-state index contributed by atoms with van der Waals surface area (Å²) >= 11 is 0. The SMILES string of the molecule is Nc1ncnc2c1ncn2[C@H]1C=C(CO)CC1. The van der Waals surface area contributed by atoms with Crippen LogP contribution in [0.1, 0.15) is 18.9 Å². The first-order valence-corrected chi connectivity index (χ1v) is 5.53. The normalized spacial score (nSPS) is 19.8. The van der Waals surface area contributed by atoms with Gasteiger partial charge in [0, 0.05) is 0 Å². The Morgan fingerprint density at radius 2 is 2.29 bits per heavy atom. The van der Waals surface area contributed by atoms with Gasteiger partial charge in [-0.05, 0) is 18.4 Å². The van der Waals surface area contributed by atoms with Crippen molar-refractivity contribution in [3.63, 3.8) is 0 Å². The molecule has 0 saturated carbocycles. The van der Waals surface area contributed by atoms with Gasteiger partial charge in [0.1, 0.15) is 11.8 Å². The molecule has 0 radical (unpaired) electrons. The zero-order valence-corrected chi connectivity index (χ0v) is 9.24. The van der Waals surface area contributed by atoms with Crippen molar-refractivity contribution in [3.8, 4) is 0 Å². The van der Waals surface area contributed by atoms with E-state index in [1.807, 2.05) is 4.57 Å². The lowest BCUT2D eigenvalue weighted by Gasteiger charge is -2.09. The number of rotatable bonds is 2. The van der Waals surface area contributed by atoms with E-state index in [1.54, 1.807) is 6.33 Å². The molecular formula is C11H13N5O. The largest absolute Gasteiger partial charge is 0.392 e. The first-order chi connectivity index (χ1) is 8.29. The quantitative estimate of drug-likeness (QED) is 0.741. The number of aromatic nitrogens is 4. The minimum absolute atomic E-state index is 0.125. The van der Waals surface area contributed by atoms with Crippen LogP contribution in [0.2, 0.25) is 0 Å². The Bertz CT molecular complexity index is 589. The maximum atomic E-state index is 9.10. The van der Waals surface area contributed by atoms with Gasteiger partial charge in [-0.2, -0.15) is 0 Å². The average Bonchev–Trinajstić information content (AvgIpc) is 2.94. The summed E-state index contributed by atoms with van der Waals surface area (Å²) in [6.45, 7) is 0.125. The van der Waals surface area contributed by atoms with E-state index in [2.05, 4.69) is 21.0 Å². The summed E-state index contributed by atoms with van der Waals surface area (Å²) in [5.74, 6) is 0.401.